The van der Waals surface area contributed by atoms with E-state index in [-0.39, 0.29) is 5.91 Å². The fourth-order valence-corrected chi connectivity index (χ4v) is 1.68. The minimum Gasteiger partial charge on any atom is -0.355 e. The first-order valence-electron chi connectivity index (χ1n) is 6.26. The van der Waals surface area contributed by atoms with Crippen LogP contribution in [-0.4, -0.2) is 25.0 Å². The molecule has 1 unspecified atom stereocenters. The summed E-state index contributed by atoms with van der Waals surface area (Å²) in [5.41, 5.74) is 0. The molecule has 1 aliphatic carbocycles. The number of rotatable bonds is 8. The number of amides is 1. The van der Waals surface area contributed by atoms with Crippen molar-refractivity contribution in [2.45, 2.75) is 52.0 Å². The molecule has 3 heteroatoms. The lowest BCUT2D eigenvalue weighted by Gasteiger charge is -2.15. The average Bonchev–Trinajstić information content (AvgIpc) is 3.05. The first kappa shape index (κ1) is 12.5. The maximum atomic E-state index is 11.4. The second kappa shape index (κ2) is 6.83. The van der Waals surface area contributed by atoms with Gasteiger partial charge in [-0.25, -0.2) is 0 Å². The molecule has 15 heavy (non-hydrogen) atoms. The van der Waals surface area contributed by atoms with Crippen molar-refractivity contribution in [1.29, 1.82) is 0 Å². The van der Waals surface area contributed by atoms with Crippen LogP contribution in [0.2, 0.25) is 0 Å². The molecule has 2 N–H and O–H groups in total. The van der Waals surface area contributed by atoms with Crippen molar-refractivity contribution in [3.8, 4) is 0 Å². The Labute approximate surface area is 93.0 Å². The summed E-state index contributed by atoms with van der Waals surface area (Å²) in [6.45, 7) is 5.70. The molecule has 0 bridgehead atoms. The summed E-state index contributed by atoms with van der Waals surface area (Å²) in [6, 6.07) is 0.502. The molecule has 0 aromatic heterocycles. The van der Waals surface area contributed by atoms with E-state index in [1.807, 2.05) is 0 Å². The summed E-state index contributed by atoms with van der Waals surface area (Å²) in [7, 11) is 0. The zero-order valence-electron chi connectivity index (χ0n) is 10.0. The van der Waals surface area contributed by atoms with Crippen molar-refractivity contribution >= 4 is 5.91 Å². The molecule has 1 saturated carbocycles. The van der Waals surface area contributed by atoms with Crippen molar-refractivity contribution in [1.82, 2.24) is 10.6 Å². The summed E-state index contributed by atoms with van der Waals surface area (Å²) in [4.78, 5) is 11.4. The molecule has 0 aromatic carbocycles. The highest BCUT2D eigenvalue weighted by molar-refractivity contribution is 5.78. The van der Waals surface area contributed by atoms with E-state index in [1.165, 1.54) is 19.3 Å². The molecule has 1 atom stereocenters. The fraction of sp³-hybridized carbons (Fsp3) is 0.917. The predicted molar refractivity (Wildman–Crippen MR) is 62.7 cm³/mol. The van der Waals surface area contributed by atoms with Crippen LogP contribution in [0.25, 0.3) is 0 Å². The van der Waals surface area contributed by atoms with Gasteiger partial charge in [0, 0.05) is 12.6 Å². The number of hydrogen-bond donors (Lipinski definition) is 2. The number of carbonyl (C=O) groups excluding carboxylic acids is 1. The van der Waals surface area contributed by atoms with E-state index in [1.54, 1.807) is 0 Å². The minimum absolute atomic E-state index is 0.149. The van der Waals surface area contributed by atoms with E-state index in [2.05, 4.69) is 24.5 Å². The Morgan fingerprint density at radius 1 is 1.40 bits per heavy atom. The van der Waals surface area contributed by atoms with Crippen LogP contribution in [0.4, 0.5) is 0 Å². The van der Waals surface area contributed by atoms with Gasteiger partial charge >= 0.3 is 0 Å². The molecule has 0 heterocycles. The molecule has 1 rings (SSSR count). The fourth-order valence-electron chi connectivity index (χ4n) is 1.68. The lowest BCUT2D eigenvalue weighted by Crippen LogP contribution is -2.39. The van der Waals surface area contributed by atoms with Crippen molar-refractivity contribution < 1.29 is 4.79 Å². The van der Waals surface area contributed by atoms with Gasteiger partial charge in [0.1, 0.15) is 0 Å². The van der Waals surface area contributed by atoms with Gasteiger partial charge in [0.15, 0.2) is 0 Å². The largest absolute Gasteiger partial charge is 0.355 e. The van der Waals surface area contributed by atoms with Crippen molar-refractivity contribution in [3.63, 3.8) is 0 Å². The lowest BCUT2D eigenvalue weighted by atomic mass is 10.1. The van der Waals surface area contributed by atoms with Gasteiger partial charge in [-0.15, -0.1) is 0 Å². The maximum absolute atomic E-state index is 11.4. The van der Waals surface area contributed by atoms with E-state index in [0.717, 1.165) is 25.3 Å². The molecule has 0 spiro atoms. The van der Waals surface area contributed by atoms with Crippen LogP contribution in [0.15, 0.2) is 0 Å². The average molecular weight is 212 g/mol. The Kier molecular flexibility index (Phi) is 5.69. The standard InChI is InChI=1S/C12H24N2O/c1-3-5-11(4-2)13-9-12(15)14-8-10-6-7-10/h10-11,13H,3-9H2,1-2H3,(H,14,15). The summed E-state index contributed by atoms with van der Waals surface area (Å²) >= 11 is 0. The minimum atomic E-state index is 0.149. The lowest BCUT2D eigenvalue weighted by molar-refractivity contribution is -0.120. The quantitative estimate of drug-likeness (QED) is 0.643. The van der Waals surface area contributed by atoms with Gasteiger partial charge in [0.2, 0.25) is 5.91 Å². The van der Waals surface area contributed by atoms with Crippen molar-refractivity contribution in [2.24, 2.45) is 5.92 Å². The van der Waals surface area contributed by atoms with Crippen LogP contribution in [0, 0.1) is 5.92 Å². The van der Waals surface area contributed by atoms with Crippen LogP contribution in [0.3, 0.4) is 0 Å². The van der Waals surface area contributed by atoms with Crippen molar-refractivity contribution in [2.75, 3.05) is 13.1 Å². The molecule has 3 nitrogen and oxygen atoms in total. The Bertz CT molecular complexity index is 190. The van der Waals surface area contributed by atoms with Gasteiger partial charge in [0.25, 0.3) is 0 Å². The molecule has 88 valence electrons. The van der Waals surface area contributed by atoms with E-state index >= 15 is 0 Å². The SMILES string of the molecule is CCCC(CC)NCC(=O)NCC1CC1. The first-order valence-corrected chi connectivity index (χ1v) is 6.26. The summed E-state index contributed by atoms with van der Waals surface area (Å²) in [5, 5.41) is 6.27. The summed E-state index contributed by atoms with van der Waals surface area (Å²) in [5.74, 6) is 0.919. The third-order valence-electron chi connectivity index (χ3n) is 2.97. The molecular weight excluding hydrogens is 188 g/mol. The molecule has 0 aromatic rings. The molecule has 0 saturated heterocycles. The number of carbonyl (C=O) groups is 1. The normalized spacial score (nSPS) is 17.5. The predicted octanol–water partition coefficient (Wildman–Crippen LogP) is 1.68. The Morgan fingerprint density at radius 3 is 2.67 bits per heavy atom. The van der Waals surface area contributed by atoms with Gasteiger partial charge in [-0.3, -0.25) is 4.79 Å². The maximum Gasteiger partial charge on any atom is 0.233 e. The van der Waals surface area contributed by atoms with Gasteiger partial charge in [-0.2, -0.15) is 0 Å². The van der Waals surface area contributed by atoms with E-state index in [4.69, 9.17) is 0 Å². The van der Waals surface area contributed by atoms with Crippen LogP contribution < -0.4 is 10.6 Å². The monoisotopic (exact) mass is 212 g/mol. The van der Waals surface area contributed by atoms with Gasteiger partial charge in [0.05, 0.1) is 6.54 Å². The van der Waals surface area contributed by atoms with Crippen LogP contribution in [-0.2, 0) is 4.79 Å². The van der Waals surface area contributed by atoms with Crippen LogP contribution in [0.1, 0.15) is 46.0 Å². The second-order valence-corrected chi connectivity index (χ2v) is 4.52. The highest BCUT2D eigenvalue weighted by Gasteiger charge is 2.21. The van der Waals surface area contributed by atoms with Gasteiger partial charge in [-0.05, 0) is 31.6 Å². The first-order chi connectivity index (χ1) is 7.26. The van der Waals surface area contributed by atoms with E-state index in [0.29, 0.717) is 12.6 Å². The molecular formula is C12H24N2O. The molecule has 0 aliphatic heterocycles. The Hall–Kier alpha value is -0.570. The zero-order valence-corrected chi connectivity index (χ0v) is 10.0. The van der Waals surface area contributed by atoms with Gasteiger partial charge in [-0.1, -0.05) is 20.3 Å². The van der Waals surface area contributed by atoms with E-state index in [9.17, 15) is 4.79 Å². The van der Waals surface area contributed by atoms with Crippen molar-refractivity contribution in [3.05, 3.63) is 0 Å². The number of hydrogen-bond acceptors (Lipinski definition) is 2. The smallest absolute Gasteiger partial charge is 0.233 e. The summed E-state index contributed by atoms with van der Waals surface area (Å²) < 4.78 is 0. The Balaban J connectivity index is 2.02. The molecule has 1 fully saturated rings. The van der Waals surface area contributed by atoms with Crippen LogP contribution >= 0.6 is 0 Å². The van der Waals surface area contributed by atoms with Crippen LogP contribution in [0.5, 0.6) is 0 Å². The van der Waals surface area contributed by atoms with E-state index < -0.39 is 0 Å². The molecule has 1 aliphatic rings. The topological polar surface area (TPSA) is 41.1 Å². The third kappa shape index (κ3) is 5.78. The highest BCUT2D eigenvalue weighted by atomic mass is 16.1. The third-order valence-corrected chi connectivity index (χ3v) is 2.97. The number of nitrogens with one attached hydrogen (secondary N) is 2. The molecule has 1 amide bonds. The zero-order chi connectivity index (χ0) is 11.1. The Morgan fingerprint density at radius 2 is 2.13 bits per heavy atom. The van der Waals surface area contributed by atoms with Gasteiger partial charge < -0.3 is 10.6 Å². The molecule has 0 radical (unpaired) electrons. The highest BCUT2D eigenvalue weighted by Crippen LogP contribution is 2.27. The summed E-state index contributed by atoms with van der Waals surface area (Å²) in [6.07, 6.45) is 6.02. The second-order valence-electron chi connectivity index (χ2n) is 4.52.